The quantitative estimate of drug-likeness (QED) is 0.857. The lowest BCUT2D eigenvalue weighted by atomic mass is 10.1. The Morgan fingerprint density at radius 1 is 1.30 bits per heavy atom. The van der Waals surface area contributed by atoms with E-state index in [2.05, 4.69) is 39.1 Å². The zero-order chi connectivity index (χ0) is 14.8. The molecule has 0 amide bonds. The average molecular weight is 275 g/mol. The van der Waals surface area contributed by atoms with Gasteiger partial charge in [0.2, 0.25) is 0 Å². The summed E-state index contributed by atoms with van der Waals surface area (Å²) in [5.74, 6) is 1.01. The standard InChI is InChI=1S/C17H25NO2/c1-6-19-17(4,5)11-18-13(3)16-12(2)14-9-7-8-10-15(14)20-16/h7-10,13,18H,6,11H2,1-5H3. The number of hydrogen-bond acceptors (Lipinski definition) is 3. The van der Waals surface area contributed by atoms with Crippen molar-refractivity contribution >= 4 is 11.0 Å². The van der Waals surface area contributed by atoms with Crippen LogP contribution in [0.3, 0.4) is 0 Å². The lowest BCUT2D eigenvalue weighted by Gasteiger charge is -2.26. The van der Waals surface area contributed by atoms with E-state index in [4.69, 9.17) is 9.15 Å². The third-order valence-corrected chi connectivity index (χ3v) is 3.64. The molecule has 0 saturated carbocycles. The SMILES string of the molecule is CCOC(C)(C)CNC(C)c1oc2ccccc2c1C. The van der Waals surface area contributed by atoms with E-state index >= 15 is 0 Å². The van der Waals surface area contributed by atoms with Crippen LogP contribution in [0.5, 0.6) is 0 Å². The Morgan fingerprint density at radius 3 is 2.65 bits per heavy atom. The Hall–Kier alpha value is -1.32. The van der Waals surface area contributed by atoms with Gasteiger partial charge in [0.05, 0.1) is 11.6 Å². The number of ether oxygens (including phenoxy) is 1. The van der Waals surface area contributed by atoms with Gasteiger partial charge < -0.3 is 14.5 Å². The zero-order valence-corrected chi connectivity index (χ0v) is 13.1. The van der Waals surface area contributed by atoms with Crippen LogP contribution >= 0.6 is 0 Å². The van der Waals surface area contributed by atoms with Gasteiger partial charge in [-0.25, -0.2) is 0 Å². The van der Waals surface area contributed by atoms with E-state index in [1.807, 2.05) is 25.1 Å². The molecular formula is C17H25NO2. The number of nitrogens with one attached hydrogen (secondary N) is 1. The summed E-state index contributed by atoms with van der Waals surface area (Å²) in [6, 6.07) is 8.34. The largest absolute Gasteiger partial charge is 0.459 e. The number of para-hydroxylation sites is 1. The molecule has 110 valence electrons. The topological polar surface area (TPSA) is 34.4 Å². The molecule has 1 unspecified atom stereocenters. The van der Waals surface area contributed by atoms with Crippen LogP contribution in [0.2, 0.25) is 0 Å². The Bertz CT molecular complexity index is 571. The van der Waals surface area contributed by atoms with Crippen molar-refractivity contribution in [2.75, 3.05) is 13.2 Å². The second-order valence-electron chi connectivity index (χ2n) is 5.88. The van der Waals surface area contributed by atoms with Crippen LogP contribution in [0.1, 0.15) is 45.1 Å². The van der Waals surface area contributed by atoms with Crippen LogP contribution in [0, 0.1) is 6.92 Å². The highest BCUT2D eigenvalue weighted by molar-refractivity contribution is 5.82. The zero-order valence-electron chi connectivity index (χ0n) is 13.1. The van der Waals surface area contributed by atoms with E-state index in [-0.39, 0.29) is 11.6 Å². The molecule has 1 atom stereocenters. The molecule has 1 N–H and O–H groups in total. The van der Waals surface area contributed by atoms with Crippen LogP contribution < -0.4 is 5.32 Å². The number of furan rings is 1. The Labute approximate surface area is 121 Å². The molecule has 2 aromatic rings. The summed E-state index contributed by atoms with van der Waals surface area (Å²) in [4.78, 5) is 0. The minimum absolute atomic E-state index is 0.164. The van der Waals surface area contributed by atoms with Crippen LogP contribution in [0.4, 0.5) is 0 Å². The third-order valence-electron chi connectivity index (χ3n) is 3.64. The molecule has 0 bridgehead atoms. The number of aryl methyl sites for hydroxylation is 1. The van der Waals surface area contributed by atoms with Crippen LogP contribution in [-0.4, -0.2) is 18.8 Å². The van der Waals surface area contributed by atoms with E-state index in [1.165, 1.54) is 10.9 Å². The first-order chi connectivity index (χ1) is 9.44. The summed E-state index contributed by atoms with van der Waals surface area (Å²) >= 11 is 0. The minimum atomic E-state index is -0.164. The Kier molecular flexibility index (Phi) is 4.51. The molecule has 0 aliphatic rings. The molecule has 0 aliphatic carbocycles. The van der Waals surface area contributed by atoms with Gasteiger partial charge in [-0.05, 0) is 46.2 Å². The predicted molar refractivity (Wildman–Crippen MR) is 83.1 cm³/mol. The van der Waals surface area contributed by atoms with Gasteiger partial charge >= 0.3 is 0 Å². The number of hydrogen-bond donors (Lipinski definition) is 1. The first kappa shape index (κ1) is 15.1. The second kappa shape index (κ2) is 5.98. The molecule has 0 saturated heterocycles. The average Bonchev–Trinajstić information content (AvgIpc) is 2.74. The molecule has 0 radical (unpaired) electrons. The van der Waals surface area contributed by atoms with Crippen LogP contribution in [0.25, 0.3) is 11.0 Å². The molecule has 1 aromatic heterocycles. The predicted octanol–water partition coefficient (Wildman–Crippen LogP) is 4.21. The fourth-order valence-corrected chi connectivity index (χ4v) is 2.54. The molecule has 3 heteroatoms. The minimum Gasteiger partial charge on any atom is -0.459 e. The van der Waals surface area contributed by atoms with Gasteiger partial charge in [-0.15, -0.1) is 0 Å². The summed E-state index contributed by atoms with van der Waals surface area (Å²) in [5.41, 5.74) is 2.01. The van der Waals surface area contributed by atoms with Crippen molar-refractivity contribution in [3.05, 3.63) is 35.6 Å². The summed E-state index contributed by atoms with van der Waals surface area (Å²) < 4.78 is 11.7. The molecule has 1 aromatic carbocycles. The van der Waals surface area contributed by atoms with Crippen molar-refractivity contribution in [3.8, 4) is 0 Å². The molecule has 0 spiro atoms. The fourth-order valence-electron chi connectivity index (χ4n) is 2.54. The van der Waals surface area contributed by atoms with Gasteiger partial charge in [-0.2, -0.15) is 0 Å². The van der Waals surface area contributed by atoms with Crippen molar-refractivity contribution in [1.82, 2.24) is 5.32 Å². The Morgan fingerprint density at radius 2 is 2.00 bits per heavy atom. The molecule has 2 rings (SSSR count). The summed E-state index contributed by atoms with van der Waals surface area (Å²) in [6.45, 7) is 12.0. The molecule has 0 aliphatic heterocycles. The maximum absolute atomic E-state index is 5.98. The first-order valence-electron chi connectivity index (χ1n) is 7.30. The highest BCUT2D eigenvalue weighted by Gasteiger charge is 2.21. The molecule has 20 heavy (non-hydrogen) atoms. The maximum atomic E-state index is 5.98. The molecule has 1 heterocycles. The second-order valence-corrected chi connectivity index (χ2v) is 5.88. The van der Waals surface area contributed by atoms with Crippen molar-refractivity contribution < 1.29 is 9.15 Å². The highest BCUT2D eigenvalue weighted by atomic mass is 16.5. The van der Waals surface area contributed by atoms with Crippen molar-refractivity contribution in [2.45, 2.75) is 46.3 Å². The number of benzene rings is 1. The van der Waals surface area contributed by atoms with Gasteiger partial charge in [0.15, 0.2) is 0 Å². The fraction of sp³-hybridized carbons (Fsp3) is 0.529. The van der Waals surface area contributed by atoms with Crippen molar-refractivity contribution in [2.24, 2.45) is 0 Å². The van der Waals surface area contributed by atoms with Crippen molar-refractivity contribution in [1.29, 1.82) is 0 Å². The first-order valence-corrected chi connectivity index (χ1v) is 7.30. The molecule has 0 fully saturated rings. The van der Waals surface area contributed by atoms with E-state index in [0.717, 1.165) is 24.5 Å². The summed E-state index contributed by atoms with van der Waals surface area (Å²) in [6.07, 6.45) is 0. The number of rotatable bonds is 6. The van der Waals surface area contributed by atoms with Crippen molar-refractivity contribution in [3.63, 3.8) is 0 Å². The van der Waals surface area contributed by atoms with Gasteiger partial charge in [0.25, 0.3) is 0 Å². The number of fused-ring (bicyclic) bond motifs is 1. The highest BCUT2D eigenvalue weighted by Crippen LogP contribution is 2.29. The molecule has 3 nitrogen and oxygen atoms in total. The smallest absolute Gasteiger partial charge is 0.134 e. The van der Waals surface area contributed by atoms with Gasteiger partial charge in [0, 0.05) is 18.5 Å². The summed E-state index contributed by atoms with van der Waals surface area (Å²) in [5, 5.41) is 4.70. The van der Waals surface area contributed by atoms with E-state index in [0.29, 0.717) is 0 Å². The normalized spacial score (nSPS) is 13.8. The van der Waals surface area contributed by atoms with Crippen LogP contribution in [0.15, 0.2) is 28.7 Å². The van der Waals surface area contributed by atoms with E-state index < -0.39 is 0 Å². The molecular weight excluding hydrogens is 250 g/mol. The Balaban J connectivity index is 2.11. The lowest BCUT2D eigenvalue weighted by Crippen LogP contribution is -2.38. The van der Waals surface area contributed by atoms with Crippen LogP contribution in [-0.2, 0) is 4.74 Å². The van der Waals surface area contributed by atoms with Gasteiger partial charge in [0.1, 0.15) is 11.3 Å². The van der Waals surface area contributed by atoms with E-state index in [1.54, 1.807) is 0 Å². The summed E-state index contributed by atoms with van der Waals surface area (Å²) in [7, 11) is 0. The lowest BCUT2D eigenvalue weighted by molar-refractivity contribution is -0.0106. The van der Waals surface area contributed by atoms with Gasteiger partial charge in [-0.3, -0.25) is 0 Å². The van der Waals surface area contributed by atoms with E-state index in [9.17, 15) is 0 Å². The monoisotopic (exact) mass is 275 g/mol. The van der Waals surface area contributed by atoms with Gasteiger partial charge in [-0.1, -0.05) is 18.2 Å². The maximum Gasteiger partial charge on any atom is 0.134 e. The third kappa shape index (κ3) is 3.22.